The molecule has 0 aromatic heterocycles. The lowest BCUT2D eigenvalue weighted by Gasteiger charge is -2.27. The molecule has 1 fully saturated rings. The van der Waals surface area contributed by atoms with Crippen LogP contribution in [0.15, 0.2) is 24.3 Å². The first-order chi connectivity index (χ1) is 7.60. The van der Waals surface area contributed by atoms with Crippen molar-refractivity contribution in [3.63, 3.8) is 0 Å². The van der Waals surface area contributed by atoms with Crippen LogP contribution in [0.3, 0.4) is 0 Å². The Bertz CT molecular complexity index is 464. The highest BCUT2D eigenvalue weighted by atomic mass is 79.9. The first-order valence-corrected chi connectivity index (χ1v) is 5.64. The molecule has 15 heavy (non-hydrogen) atoms. The van der Waals surface area contributed by atoms with Gasteiger partial charge in [0.15, 0.2) is 6.10 Å². The van der Waals surface area contributed by atoms with Crippen molar-refractivity contribution in [2.45, 2.75) is 23.4 Å². The van der Waals surface area contributed by atoms with Gasteiger partial charge in [-0.2, -0.15) is 0 Å². The van der Waals surface area contributed by atoms with Gasteiger partial charge in [-0.15, -0.1) is 0 Å². The molecule has 3 rings (SSSR count). The van der Waals surface area contributed by atoms with Gasteiger partial charge in [-0.3, -0.25) is 0 Å². The van der Waals surface area contributed by atoms with E-state index in [4.69, 9.17) is 10.8 Å². The lowest BCUT2D eigenvalue weighted by atomic mass is 9.87. The predicted octanol–water partition coefficient (Wildman–Crippen LogP) is 3.10. The number of carbonyl (C=O) groups is 1. The van der Waals surface area contributed by atoms with Crippen LogP contribution in [0.25, 0.3) is 0 Å². The Morgan fingerprint density at radius 1 is 1.33 bits per heavy atom. The number of hydrogen-bond donors (Lipinski definition) is 0. The molecule has 3 nitrogen and oxygen atoms in total. The third-order valence-electron chi connectivity index (χ3n) is 2.72. The van der Waals surface area contributed by atoms with Crippen molar-refractivity contribution in [2.24, 2.45) is 0 Å². The fourth-order valence-corrected chi connectivity index (χ4v) is 2.79. The molecule has 1 saturated heterocycles. The number of benzene rings is 1. The summed E-state index contributed by atoms with van der Waals surface area (Å²) in [6, 6.07) is 7.65. The summed E-state index contributed by atoms with van der Waals surface area (Å²) in [5.41, 5.74) is 1.92. The standard InChI is InChI=1S/C11H9BrO3/c12-8-5-9-10(15-11(13)14-9)7-4-2-1-3-6(7)8/h1-4,8-10H,5H2/t8?,9-,10+/m0/s1/i9D. The number of hydrogen-bond acceptors (Lipinski definition) is 3. The van der Waals surface area contributed by atoms with Crippen molar-refractivity contribution in [1.29, 1.82) is 0 Å². The summed E-state index contributed by atoms with van der Waals surface area (Å²) in [4.78, 5) is 11.2. The molecule has 1 aromatic rings. The van der Waals surface area contributed by atoms with E-state index in [1.165, 1.54) is 0 Å². The topological polar surface area (TPSA) is 35.5 Å². The van der Waals surface area contributed by atoms with Crippen LogP contribution in [0, 0.1) is 0 Å². The molecule has 2 aliphatic rings. The number of carbonyl (C=O) groups excluding carboxylic acids is 1. The Morgan fingerprint density at radius 2 is 2.07 bits per heavy atom. The minimum absolute atomic E-state index is 0.0203. The monoisotopic (exact) mass is 269 g/mol. The highest BCUT2D eigenvalue weighted by Crippen LogP contribution is 2.46. The molecule has 3 atom stereocenters. The van der Waals surface area contributed by atoms with Gasteiger partial charge in [0.2, 0.25) is 0 Å². The molecule has 1 aromatic carbocycles. The van der Waals surface area contributed by atoms with Crippen LogP contribution in [-0.2, 0) is 9.47 Å². The second kappa shape index (κ2) is 3.23. The van der Waals surface area contributed by atoms with Crippen molar-refractivity contribution in [3.05, 3.63) is 35.4 Å². The molecule has 0 bridgehead atoms. The number of alkyl halides is 1. The van der Waals surface area contributed by atoms with E-state index >= 15 is 0 Å². The second-order valence-corrected chi connectivity index (χ2v) is 4.72. The average molecular weight is 270 g/mol. The maximum atomic E-state index is 11.2. The minimum atomic E-state index is -1.29. The van der Waals surface area contributed by atoms with Gasteiger partial charge in [0, 0.05) is 16.8 Å². The molecular formula is C11H9BrO3. The van der Waals surface area contributed by atoms with Crippen LogP contribution < -0.4 is 0 Å². The first-order valence-electron chi connectivity index (χ1n) is 5.23. The Balaban J connectivity index is 2.14. The molecule has 4 heteroatoms. The van der Waals surface area contributed by atoms with Gasteiger partial charge in [-0.25, -0.2) is 4.79 Å². The Morgan fingerprint density at radius 3 is 2.87 bits per heavy atom. The maximum absolute atomic E-state index is 11.2. The van der Waals surface area contributed by atoms with Gasteiger partial charge in [0.05, 0.1) is 1.37 Å². The van der Waals surface area contributed by atoms with E-state index in [1.807, 2.05) is 24.3 Å². The van der Waals surface area contributed by atoms with E-state index in [0.29, 0.717) is 6.42 Å². The molecule has 0 spiro atoms. The fraction of sp³-hybridized carbons (Fsp3) is 0.364. The molecule has 0 radical (unpaired) electrons. The zero-order valence-electron chi connectivity index (χ0n) is 8.77. The number of fused-ring (bicyclic) bond motifs is 3. The lowest BCUT2D eigenvalue weighted by Crippen LogP contribution is -2.23. The van der Waals surface area contributed by atoms with E-state index in [9.17, 15) is 4.79 Å². The van der Waals surface area contributed by atoms with Crippen LogP contribution in [0.1, 0.15) is 29.8 Å². The van der Waals surface area contributed by atoms with Crippen molar-refractivity contribution in [1.82, 2.24) is 0 Å². The molecule has 78 valence electrons. The highest BCUT2D eigenvalue weighted by molar-refractivity contribution is 9.09. The average Bonchev–Trinajstić information content (AvgIpc) is 2.53. The lowest BCUT2D eigenvalue weighted by molar-refractivity contribution is 0.115. The van der Waals surface area contributed by atoms with Crippen molar-refractivity contribution >= 4 is 22.1 Å². The SMILES string of the molecule is [2H][C@]12CC(Br)c3ccccc3[C@H]1OC(=O)O2. The molecule has 1 aliphatic carbocycles. The van der Waals surface area contributed by atoms with Crippen molar-refractivity contribution < 1.29 is 15.6 Å². The largest absolute Gasteiger partial charge is 0.509 e. The summed E-state index contributed by atoms with van der Waals surface area (Å²) in [5.74, 6) is 0. The smallest absolute Gasteiger partial charge is 0.427 e. The summed E-state index contributed by atoms with van der Waals surface area (Å²) in [7, 11) is 0. The van der Waals surface area contributed by atoms with Gasteiger partial charge in [0.25, 0.3) is 0 Å². The van der Waals surface area contributed by atoms with Crippen molar-refractivity contribution in [2.75, 3.05) is 0 Å². The minimum Gasteiger partial charge on any atom is -0.427 e. The molecule has 0 saturated carbocycles. The Kier molecular flexibility index (Phi) is 1.76. The molecule has 0 amide bonds. The second-order valence-electron chi connectivity index (χ2n) is 3.62. The zero-order valence-corrected chi connectivity index (χ0v) is 9.36. The summed E-state index contributed by atoms with van der Waals surface area (Å²) >= 11 is 3.51. The van der Waals surface area contributed by atoms with Crippen LogP contribution in [0.4, 0.5) is 4.79 Å². The number of ether oxygens (including phenoxy) is 2. The molecular weight excluding hydrogens is 260 g/mol. The van der Waals surface area contributed by atoms with Gasteiger partial charge >= 0.3 is 6.16 Å². The summed E-state index contributed by atoms with van der Waals surface area (Å²) in [6.07, 6.45) is -2.25. The highest BCUT2D eigenvalue weighted by Gasteiger charge is 2.43. The van der Waals surface area contributed by atoms with Gasteiger partial charge in [-0.05, 0) is 5.56 Å². The van der Waals surface area contributed by atoms with Crippen LogP contribution >= 0.6 is 15.9 Å². The van der Waals surface area contributed by atoms with E-state index in [1.54, 1.807) is 0 Å². The first kappa shape index (κ1) is 8.16. The van der Waals surface area contributed by atoms with Crippen LogP contribution in [0.2, 0.25) is 0 Å². The maximum Gasteiger partial charge on any atom is 0.509 e. The molecule has 1 heterocycles. The quantitative estimate of drug-likeness (QED) is 0.536. The summed E-state index contributed by atoms with van der Waals surface area (Å²) in [6.45, 7) is 0. The number of halogens is 1. The normalized spacial score (nSPS) is 38.5. The molecule has 1 aliphatic heterocycles. The Hall–Kier alpha value is -1.03. The van der Waals surface area contributed by atoms with Gasteiger partial charge in [-0.1, -0.05) is 40.2 Å². The van der Waals surface area contributed by atoms with E-state index in [0.717, 1.165) is 11.1 Å². The van der Waals surface area contributed by atoms with Crippen LogP contribution in [-0.4, -0.2) is 12.2 Å². The van der Waals surface area contributed by atoms with Crippen LogP contribution in [0.5, 0.6) is 0 Å². The molecule has 0 N–H and O–H groups in total. The summed E-state index contributed by atoms with van der Waals surface area (Å²) in [5, 5.41) is 0. The Labute approximate surface area is 96.9 Å². The van der Waals surface area contributed by atoms with Gasteiger partial charge in [0.1, 0.15) is 6.08 Å². The number of rotatable bonds is 0. The predicted molar refractivity (Wildman–Crippen MR) is 56.8 cm³/mol. The fourth-order valence-electron chi connectivity index (χ4n) is 2.05. The van der Waals surface area contributed by atoms with E-state index < -0.39 is 18.3 Å². The van der Waals surface area contributed by atoms with E-state index in [2.05, 4.69) is 15.9 Å². The summed E-state index contributed by atoms with van der Waals surface area (Å²) < 4.78 is 18.2. The van der Waals surface area contributed by atoms with Gasteiger partial charge < -0.3 is 9.47 Å². The van der Waals surface area contributed by atoms with Crippen molar-refractivity contribution in [3.8, 4) is 0 Å². The molecule has 1 unspecified atom stereocenters. The third-order valence-corrected chi connectivity index (χ3v) is 3.53. The van der Waals surface area contributed by atoms with E-state index in [-0.39, 0.29) is 4.83 Å². The zero-order chi connectivity index (χ0) is 11.3. The third kappa shape index (κ3) is 1.35.